The van der Waals surface area contributed by atoms with Gasteiger partial charge in [0, 0.05) is 67.6 Å². The summed E-state index contributed by atoms with van der Waals surface area (Å²) in [5.41, 5.74) is 7.89. The average Bonchev–Trinajstić information content (AvgIpc) is 3.44. The number of hydrogen-bond donors (Lipinski definition) is 2. The van der Waals surface area contributed by atoms with E-state index >= 15 is 0 Å². The second-order valence-electron chi connectivity index (χ2n) is 9.66. The van der Waals surface area contributed by atoms with Crippen molar-refractivity contribution >= 4 is 11.3 Å². The zero-order valence-corrected chi connectivity index (χ0v) is 19.9. The lowest BCUT2D eigenvalue weighted by atomic mass is 10.0. The van der Waals surface area contributed by atoms with Gasteiger partial charge < -0.3 is 10.0 Å². The first-order valence-corrected chi connectivity index (χ1v) is 12.1. The smallest absolute Gasteiger partial charge is 0.0971 e. The van der Waals surface area contributed by atoms with Crippen molar-refractivity contribution in [1.82, 2.24) is 20.0 Å². The molecule has 32 heavy (non-hydrogen) atoms. The summed E-state index contributed by atoms with van der Waals surface area (Å²) in [5.74, 6) is 6.26. The molecule has 0 atom stereocenters. The predicted molar refractivity (Wildman–Crippen MR) is 131 cm³/mol. The van der Waals surface area contributed by atoms with Gasteiger partial charge in [0.05, 0.1) is 21.9 Å². The van der Waals surface area contributed by atoms with Crippen molar-refractivity contribution in [3.8, 4) is 34.4 Å². The van der Waals surface area contributed by atoms with Crippen LogP contribution >= 0.6 is 11.3 Å². The largest absolute Gasteiger partial charge is 0.389 e. The Kier molecular flexibility index (Phi) is 5.68. The van der Waals surface area contributed by atoms with Crippen LogP contribution in [0, 0.1) is 11.8 Å². The van der Waals surface area contributed by atoms with E-state index in [4.69, 9.17) is 0 Å². The maximum absolute atomic E-state index is 9.85. The first-order valence-electron chi connectivity index (χ1n) is 11.3. The molecule has 0 unspecified atom stereocenters. The molecule has 0 amide bonds. The molecule has 0 saturated carbocycles. The molecule has 2 aliphatic rings. The normalized spacial score (nSPS) is 16.5. The molecule has 1 aliphatic carbocycles. The molecule has 1 aromatic carbocycles. The molecule has 166 valence electrons. The number of thiophene rings is 1. The molecular formula is C26H30N4OS. The highest BCUT2D eigenvalue weighted by molar-refractivity contribution is 7.11. The van der Waals surface area contributed by atoms with E-state index in [0.717, 1.165) is 61.0 Å². The van der Waals surface area contributed by atoms with Gasteiger partial charge in [-0.3, -0.25) is 10.00 Å². The molecule has 5 nitrogen and oxygen atoms in total. The van der Waals surface area contributed by atoms with Gasteiger partial charge >= 0.3 is 0 Å². The van der Waals surface area contributed by atoms with E-state index in [1.807, 2.05) is 0 Å². The van der Waals surface area contributed by atoms with E-state index in [2.05, 4.69) is 68.5 Å². The third kappa shape index (κ3) is 4.53. The standard InChI is InChI=1S/C26H30N4OS/c1-26(2,31)8-4-5-21-14-20(17-32-21)24-23-15-19-13-18(6-7-22(19)25(23)28-27-24)16-30-11-9-29(3)10-12-30/h6-7,13-14,17,31H,8-12,15-16H2,1-3H3,(H,27,28). The number of piperazine rings is 1. The maximum Gasteiger partial charge on any atom is 0.0971 e. The fraction of sp³-hybridized carbons (Fsp3) is 0.423. The molecule has 0 radical (unpaired) electrons. The Bertz CT molecular complexity index is 1180. The number of aliphatic hydroxyl groups is 1. The van der Waals surface area contributed by atoms with Gasteiger partial charge in [0.15, 0.2) is 0 Å². The molecular weight excluding hydrogens is 416 g/mol. The van der Waals surface area contributed by atoms with E-state index < -0.39 is 5.60 Å². The number of likely N-dealkylation sites (N-methyl/N-ethyl adjacent to an activating group) is 1. The van der Waals surface area contributed by atoms with Crippen LogP contribution in [-0.4, -0.2) is 63.9 Å². The molecule has 3 heterocycles. The number of aromatic amines is 1. The van der Waals surface area contributed by atoms with Crippen LogP contribution in [0.1, 0.15) is 41.8 Å². The highest BCUT2D eigenvalue weighted by atomic mass is 32.1. The van der Waals surface area contributed by atoms with Crippen molar-refractivity contribution in [2.75, 3.05) is 33.2 Å². The number of nitrogens with zero attached hydrogens (tertiary/aromatic N) is 3. The number of aromatic nitrogens is 2. The summed E-state index contributed by atoms with van der Waals surface area (Å²) < 4.78 is 0. The highest BCUT2D eigenvalue weighted by Gasteiger charge is 2.26. The molecule has 3 aromatic rings. The van der Waals surface area contributed by atoms with Gasteiger partial charge in [-0.2, -0.15) is 5.10 Å². The Morgan fingerprint density at radius 2 is 2.00 bits per heavy atom. The predicted octanol–water partition coefficient (Wildman–Crippen LogP) is 3.97. The zero-order valence-electron chi connectivity index (χ0n) is 19.0. The fourth-order valence-electron chi connectivity index (χ4n) is 4.46. The van der Waals surface area contributed by atoms with E-state index in [9.17, 15) is 5.11 Å². The topological polar surface area (TPSA) is 55.4 Å². The summed E-state index contributed by atoms with van der Waals surface area (Å²) in [4.78, 5) is 5.95. The Morgan fingerprint density at radius 3 is 2.78 bits per heavy atom. The second-order valence-corrected chi connectivity index (χ2v) is 10.6. The van der Waals surface area contributed by atoms with Crippen LogP contribution in [0.5, 0.6) is 0 Å². The van der Waals surface area contributed by atoms with Crippen LogP contribution < -0.4 is 0 Å². The zero-order chi connectivity index (χ0) is 22.3. The summed E-state index contributed by atoms with van der Waals surface area (Å²) >= 11 is 1.63. The summed E-state index contributed by atoms with van der Waals surface area (Å²) in [7, 11) is 2.20. The van der Waals surface area contributed by atoms with Crippen molar-refractivity contribution in [3.05, 3.63) is 51.2 Å². The lowest BCUT2D eigenvalue weighted by Crippen LogP contribution is -2.43. The highest BCUT2D eigenvalue weighted by Crippen LogP contribution is 2.41. The average molecular weight is 447 g/mol. The number of fused-ring (bicyclic) bond motifs is 3. The molecule has 0 bridgehead atoms. The molecule has 2 aromatic heterocycles. The van der Waals surface area contributed by atoms with Gasteiger partial charge in [0.2, 0.25) is 0 Å². The second kappa shape index (κ2) is 8.49. The summed E-state index contributed by atoms with van der Waals surface area (Å²) in [5, 5.41) is 19.9. The Balaban J connectivity index is 1.32. The molecule has 1 saturated heterocycles. The summed E-state index contributed by atoms with van der Waals surface area (Å²) in [6.07, 6.45) is 1.38. The third-order valence-electron chi connectivity index (χ3n) is 6.28. The van der Waals surface area contributed by atoms with Crippen LogP contribution in [-0.2, 0) is 13.0 Å². The van der Waals surface area contributed by atoms with Crippen molar-refractivity contribution in [1.29, 1.82) is 0 Å². The summed E-state index contributed by atoms with van der Waals surface area (Å²) in [6.45, 7) is 9.16. The Labute approximate surface area is 194 Å². The van der Waals surface area contributed by atoms with Crippen LogP contribution in [0.15, 0.2) is 29.6 Å². The first-order chi connectivity index (χ1) is 15.4. The molecule has 0 spiro atoms. The van der Waals surface area contributed by atoms with Gasteiger partial charge in [-0.1, -0.05) is 30.0 Å². The van der Waals surface area contributed by atoms with Gasteiger partial charge in [-0.25, -0.2) is 0 Å². The van der Waals surface area contributed by atoms with Gasteiger partial charge in [0.25, 0.3) is 0 Å². The van der Waals surface area contributed by atoms with Crippen molar-refractivity contribution in [2.45, 2.75) is 38.8 Å². The van der Waals surface area contributed by atoms with E-state index in [1.54, 1.807) is 25.2 Å². The minimum Gasteiger partial charge on any atom is -0.389 e. The number of benzene rings is 1. The lowest BCUT2D eigenvalue weighted by molar-refractivity contribution is 0.0862. The number of hydrogen-bond acceptors (Lipinski definition) is 5. The summed E-state index contributed by atoms with van der Waals surface area (Å²) in [6, 6.07) is 9.02. The van der Waals surface area contributed by atoms with Gasteiger partial charge in [0.1, 0.15) is 0 Å². The SMILES string of the molecule is CN1CCN(Cc2ccc3c(c2)Cc2c(-c4csc(C#CCC(C)(C)O)c4)n[nH]c2-3)CC1. The minimum absolute atomic E-state index is 0.462. The van der Waals surface area contributed by atoms with Crippen LogP contribution in [0.2, 0.25) is 0 Å². The quantitative estimate of drug-likeness (QED) is 0.466. The van der Waals surface area contributed by atoms with Crippen LogP contribution in [0.3, 0.4) is 0 Å². The Hall–Kier alpha value is -2.43. The van der Waals surface area contributed by atoms with Gasteiger partial charge in [-0.05, 0) is 38.1 Å². The van der Waals surface area contributed by atoms with E-state index in [1.165, 1.54) is 22.3 Å². The van der Waals surface area contributed by atoms with Crippen molar-refractivity contribution in [2.24, 2.45) is 0 Å². The number of nitrogens with one attached hydrogen (secondary N) is 1. The first kappa shape index (κ1) is 21.4. The van der Waals surface area contributed by atoms with Crippen molar-refractivity contribution < 1.29 is 5.11 Å². The fourth-order valence-corrected chi connectivity index (χ4v) is 5.22. The monoisotopic (exact) mass is 446 g/mol. The molecule has 1 aliphatic heterocycles. The molecule has 5 rings (SSSR count). The van der Waals surface area contributed by atoms with Crippen molar-refractivity contribution in [3.63, 3.8) is 0 Å². The molecule has 1 fully saturated rings. The van der Waals surface area contributed by atoms with Gasteiger partial charge in [-0.15, -0.1) is 11.3 Å². The van der Waals surface area contributed by atoms with Crippen LogP contribution in [0.4, 0.5) is 0 Å². The Morgan fingerprint density at radius 1 is 1.19 bits per heavy atom. The maximum atomic E-state index is 9.85. The molecule has 2 N–H and O–H groups in total. The van der Waals surface area contributed by atoms with E-state index in [0.29, 0.717) is 6.42 Å². The number of H-pyrrole nitrogens is 1. The third-order valence-corrected chi connectivity index (χ3v) is 7.13. The minimum atomic E-state index is -0.759. The molecule has 6 heteroatoms. The lowest BCUT2D eigenvalue weighted by Gasteiger charge is -2.32. The van der Waals surface area contributed by atoms with E-state index in [-0.39, 0.29) is 0 Å². The van der Waals surface area contributed by atoms with Crippen LogP contribution in [0.25, 0.3) is 22.5 Å². The number of rotatable bonds is 4.